The third-order valence-electron chi connectivity index (χ3n) is 2.82. The molecule has 1 N–H and O–H groups in total. The Morgan fingerprint density at radius 3 is 2.72 bits per heavy atom. The number of H-pyrrole nitrogens is 1. The standard InChI is InChI=1S/C13H12N4O/c1-17-8-14-13(18-2)10-12(17)16-11(15-10)9-6-4-3-5-7-9/h3-8H,1-2H3/p+1. The molecule has 3 rings (SSSR count). The van der Waals surface area contributed by atoms with E-state index < -0.39 is 0 Å². The monoisotopic (exact) mass is 241 g/mol. The van der Waals surface area contributed by atoms with Crippen molar-refractivity contribution in [1.29, 1.82) is 0 Å². The summed E-state index contributed by atoms with van der Waals surface area (Å²) in [7, 11) is 3.51. The minimum atomic E-state index is 0.554. The fourth-order valence-electron chi connectivity index (χ4n) is 1.91. The number of benzene rings is 1. The summed E-state index contributed by atoms with van der Waals surface area (Å²) < 4.78 is 7.10. The molecule has 1 aromatic carbocycles. The number of nitrogens with zero attached hydrogens (tertiary/aromatic N) is 3. The van der Waals surface area contributed by atoms with Gasteiger partial charge < -0.3 is 9.72 Å². The van der Waals surface area contributed by atoms with Crippen LogP contribution in [0.1, 0.15) is 0 Å². The number of aryl methyl sites for hydroxylation is 1. The molecule has 3 aromatic rings. The number of aromatic nitrogens is 4. The zero-order valence-electron chi connectivity index (χ0n) is 10.2. The number of aromatic amines is 1. The summed E-state index contributed by atoms with van der Waals surface area (Å²) in [5, 5.41) is 0. The Hall–Kier alpha value is -2.43. The third-order valence-corrected chi connectivity index (χ3v) is 2.82. The smallest absolute Gasteiger partial charge is 0.320 e. The Morgan fingerprint density at radius 2 is 2.00 bits per heavy atom. The van der Waals surface area contributed by atoms with Crippen LogP contribution >= 0.6 is 0 Å². The largest absolute Gasteiger partial charge is 0.467 e. The molecule has 5 nitrogen and oxygen atoms in total. The molecule has 0 aliphatic rings. The number of nitrogens with one attached hydrogen (secondary N) is 1. The van der Waals surface area contributed by atoms with E-state index in [2.05, 4.69) is 15.0 Å². The zero-order valence-corrected chi connectivity index (χ0v) is 10.2. The Bertz CT molecular complexity index is 691. The molecule has 0 bridgehead atoms. The quantitative estimate of drug-likeness (QED) is 0.691. The molecule has 90 valence electrons. The van der Waals surface area contributed by atoms with E-state index in [1.54, 1.807) is 13.4 Å². The minimum Gasteiger partial charge on any atom is -0.467 e. The van der Waals surface area contributed by atoms with E-state index in [9.17, 15) is 0 Å². The molecule has 0 fully saturated rings. The molecule has 0 saturated heterocycles. The summed E-state index contributed by atoms with van der Waals surface area (Å²) >= 11 is 0. The Morgan fingerprint density at radius 1 is 1.22 bits per heavy atom. The van der Waals surface area contributed by atoms with E-state index in [-0.39, 0.29) is 0 Å². The molecule has 5 heteroatoms. The first-order valence-corrected chi connectivity index (χ1v) is 5.63. The maximum absolute atomic E-state index is 5.24. The molecule has 0 atom stereocenters. The second-order valence-electron chi connectivity index (χ2n) is 4.01. The van der Waals surface area contributed by atoms with Crippen LogP contribution in [0.15, 0.2) is 36.7 Å². The van der Waals surface area contributed by atoms with Crippen molar-refractivity contribution in [3.05, 3.63) is 36.7 Å². The Kier molecular flexibility index (Phi) is 2.44. The minimum absolute atomic E-state index is 0.554. The highest BCUT2D eigenvalue weighted by Gasteiger charge is 2.19. The molecule has 2 heterocycles. The lowest BCUT2D eigenvalue weighted by molar-refractivity contribution is -0.649. The van der Waals surface area contributed by atoms with Crippen LogP contribution in [0.5, 0.6) is 5.88 Å². The lowest BCUT2D eigenvalue weighted by Gasteiger charge is -1.95. The van der Waals surface area contributed by atoms with Crippen molar-refractivity contribution in [2.45, 2.75) is 0 Å². The summed E-state index contributed by atoms with van der Waals surface area (Å²) in [5.74, 6) is 1.37. The van der Waals surface area contributed by atoms with E-state index in [0.29, 0.717) is 5.88 Å². The summed E-state index contributed by atoms with van der Waals surface area (Å²) in [5.41, 5.74) is 2.66. The molecule has 0 spiro atoms. The average molecular weight is 241 g/mol. The molecular formula is C13H13N4O+. The maximum Gasteiger partial charge on any atom is 0.320 e. The van der Waals surface area contributed by atoms with E-state index in [1.807, 2.05) is 41.9 Å². The van der Waals surface area contributed by atoms with E-state index in [4.69, 9.17) is 4.74 Å². The number of methoxy groups -OCH3 is 1. The molecule has 0 aliphatic heterocycles. The SMILES string of the molecule is COc1nc[n+](C)c2nc(-c3ccccc3)[nH]c12. The maximum atomic E-state index is 5.24. The van der Waals surface area contributed by atoms with Crippen LogP contribution in [0, 0.1) is 0 Å². The Labute approximate surface area is 104 Å². The van der Waals surface area contributed by atoms with Crippen LogP contribution in [0.2, 0.25) is 0 Å². The normalized spacial score (nSPS) is 10.8. The first-order valence-electron chi connectivity index (χ1n) is 5.63. The summed E-state index contributed by atoms with van der Waals surface area (Å²) in [4.78, 5) is 12.0. The van der Waals surface area contributed by atoms with Gasteiger partial charge in [0, 0.05) is 5.56 Å². The number of rotatable bonds is 2. The molecule has 0 amide bonds. The van der Waals surface area contributed by atoms with E-state index >= 15 is 0 Å². The van der Waals surface area contributed by atoms with E-state index in [0.717, 1.165) is 22.6 Å². The number of imidazole rings is 1. The van der Waals surface area contributed by atoms with Gasteiger partial charge in [0.05, 0.1) is 14.2 Å². The van der Waals surface area contributed by atoms with Crippen LogP contribution in [0.4, 0.5) is 0 Å². The van der Waals surface area contributed by atoms with Crippen molar-refractivity contribution in [1.82, 2.24) is 15.0 Å². The fourth-order valence-corrected chi connectivity index (χ4v) is 1.91. The predicted octanol–water partition coefficient (Wildman–Crippen LogP) is 1.46. The van der Waals surface area contributed by atoms with E-state index in [1.165, 1.54) is 0 Å². The summed E-state index contributed by atoms with van der Waals surface area (Å²) in [6.07, 6.45) is 1.69. The fraction of sp³-hybridized carbons (Fsp3) is 0.154. The van der Waals surface area contributed by atoms with Crippen molar-refractivity contribution >= 4 is 11.2 Å². The van der Waals surface area contributed by atoms with Crippen molar-refractivity contribution in [3.8, 4) is 17.3 Å². The van der Waals surface area contributed by atoms with Crippen molar-refractivity contribution < 1.29 is 9.30 Å². The topological polar surface area (TPSA) is 54.7 Å². The molecule has 0 unspecified atom stereocenters. The lowest BCUT2D eigenvalue weighted by Crippen LogP contribution is -2.29. The van der Waals surface area contributed by atoms with Crippen molar-refractivity contribution in [3.63, 3.8) is 0 Å². The second kappa shape index (κ2) is 4.10. The highest BCUT2D eigenvalue weighted by atomic mass is 16.5. The first kappa shape index (κ1) is 10.7. The van der Waals surface area contributed by atoms with Gasteiger partial charge in [0.25, 0.3) is 5.65 Å². The molecule has 2 aromatic heterocycles. The molecule has 0 saturated carbocycles. The third kappa shape index (κ3) is 1.60. The summed E-state index contributed by atoms with van der Waals surface area (Å²) in [6, 6.07) is 9.97. The first-order chi connectivity index (χ1) is 8.79. The van der Waals surface area contributed by atoms with Gasteiger partial charge in [-0.25, -0.2) is 4.57 Å². The number of fused-ring (bicyclic) bond motifs is 1. The van der Waals surface area contributed by atoms with Gasteiger partial charge in [-0.05, 0) is 12.1 Å². The van der Waals surface area contributed by atoms with Gasteiger partial charge in [0.1, 0.15) is 0 Å². The van der Waals surface area contributed by atoms with Gasteiger partial charge in [0.15, 0.2) is 5.52 Å². The lowest BCUT2D eigenvalue weighted by atomic mass is 10.2. The van der Waals surface area contributed by atoms with Gasteiger partial charge in [-0.1, -0.05) is 28.2 Å². The number of hydrogen-bond acceptors (Lipinski definition) is 3. The van der Waals surface area contributed by atoms with Crippen LogP contribution in [0.25, 0.3) is 22.6 Å². The van der Waals surface area contributed by atoms with Crippen LogP contribution in [-0.2, 0) is 7.05 Å². The molecular weight excluding hydrogens is 228 g/mol. The van der Waals surface area contributed by atoms with Gasteiger partial charge in [0.2, 0.25) is 12.2 Å². The van der Waals surface area contributed by atoms with Gasteiger partial charge in [-0.15, -0.1) is 0 Å². The zero-order chi connectivity index (χ0) is 12.5. The van der Waals surface area contributed by atoms with Gasteiger partial charge >= 0.3 is 5.88 Å². The predicted molar refractivity (Wildman–Crippen MR) is 67.1 cm³/mol. The van der Waals surface area contributed by atoms with Crippen molar-refractivity contribution in [2.24, 2.45) is 7.05 Å². The molecule has 0 radical (unpaired) electrons. The second-order valence-corrected chi connectivity index (χ2v) is 4.01. The highest BCUT2D eigenvalue weighted by Crippen LogP contribution is 2.22. The van der Waals surface area contributed by atoms with Crippen molar-refractivity contribution in [2.75, 3.05) is 7.11 Å². The van der Waals surface area contributed by atoms with Gasteiger partial charge in [-0.2, -0.15) is 0 Å². The Balaban J connectivity index is 2.25. The molecule has 18 heavy (non-hydrogen) atoms. The average Bonchev–Trinajstić information content (AvgIpc) is 2.86. The number of ether oxygens (including phenoxy) is 1. The highest BCUT2D eigenvalue weighted by molar-refractivity contribution is 5.77. The molecule has 0 aliphatic carbocycles. The van der Waals surface area contributed by atoms with Crippen LogP contribution < -0.4 is 9.30 Å². The summed E-state index contributed by atoms with van der Waals surface area (Å²) in [6.45, 7) is 0. The van der Waals surface area contributed by atoms with Crippen LogP contribution in [0.3, 0.4) is 0 Å². The van der Waals surface area contributed by atoms with Gasteiger partial charge in [-0.3, -0.25) is 0 Å². The number of hydrogen-bond donors (Lipinski definition) is 1. The van der Waals surface area contributed by atoms with Crippen LogP contribution in [-0.4, -0.2) is 22.1 Å².